The molecule has 0 atom stereocenters. The van der Waals surface area contributed by atoms with Crippen LogP contribution in [0.25, 0.3) is 0 Å². The zero-order chi connectivity index (χ0) is 14.2. The molecule has 6 heteroatoms. The molecule has 1 aliphatic rings. The van der Waals surface area contributed by atoms with Crippen LogP contribution in [0, 0.1) is 0 Å². The van der Waals surface area contributed by atoms with E-state index in [2.05, 4.69) is 4.99 Å². The maximum absolute atomic E-state index is 11.2. The topological polar surface area (TPSA) is 82.7 Å². The second kappa shape index (κ2) is 4.88. The van der Waals surface area contributed by atoms with Crippen LogP contribution in [0.4, 0.5) is 5.69 Å². The van der Waals surface area contributed by atoms with Crippen LogP contribution in [0.15, 0.2) is 50.9 Å². The lowest BCUT2D eigenvalue weighted by Gasteiger charge is -2.14. The summed E-state index contributed by atoms with van der Waals surface area (Å²) < 4.78 is 39.1. The van der Waals surface area contributed by atoms with Crippen LogP contribution in [-0.2, 0) is 16.5 Å². The van der Waals surface area contributed by atoms with E-state index in [0.717, 1.165) is 36.3 Å². The Balaban J connectivity index is 2.12. The molecule has 0 N–H and O–H groups in total. The summed E-state index contributed by atoms with van der Waals surface area (Å²) in [5, 5.41) is 0. The average Bonchev–Trinajstić information content (AvgIpc) is 2.87. The number of fused-ring (bicyclic) bond motifs is 1. The van der Waals surface area contributed by atoms with Crippen molar-refractivity contribution < 1.29 is 17.4 Å². The molecule has 2 aromatic rings. The molecule has 0 saturated carbocycles. The molecule has 0 saturated heterocycles. The Kier molecular flexibility index (Phi) is 3.19. The van der Waals surface area contributed by atoms with Crippen molar-refractivity contribution in [2.24, 2.45) is 4.99 Å². The Morgan fingerprint density at radius 1 is 1.15 bits per heavy atom. The van der Waals surface area contributed by atoms with E-state index in [1.54, 1.807) is 12.3 Å². The van der Waals surface area contributed by atoms with E-state index in [0.29, 0.717) is 0 Å². The molecule has 0 spiro atoms. The predicted octanol–water partition coefficient (Wildman–Crippen LogP) is 2.64. The van der Waals surface area contributed by atoms with Crippen molar-refractivity contribution in [2.45, 2.75) is 24.2 Å². The number of nitrogens with zero attached hydrogens (tertiary/aromatic N) is 1. The van der Waals surface area contributed by atoms with Gasteiger partial charge in [0.15, 0.2) is 0 Å². The number of para-hydroxylation sites is 1. The molecule has 0 bridgehead atoms. The molecule has 1 aromatic heterocycles. The smallest absolute Gasteiger partial charge is 0.126 e. The highest BCUT2D eigenvalue weighted by Gasteiger charge is 2.19. The molecule has 104 valence electrons. The van der Waals surface area contributed by atoms with Gasteiger partial charge in [0, 0.05) is 12.0 Å². The van der Waals surface area contributed by atoms with E-state index >= 15 is 0 Å². The first-order valence-corrected chi connectivity index (χ1v) is 7.66. The van der Waals surface area contributed by atoms with E-state index in [-0.39, 0.29) is 10.6 Å². The molecule has 0 fully saturated rings. The molecule has 3 rings (SSSR count). The minimum atomic E-state index is -4.53. The standard InChI is InChI=1S/C14H13NO4S/c16-20(17,18)14-7-2-1-4-12(14)15-11-5-3-6-13-10(11)8-9-19-13/h1-2,4,7-9H,3,5-6H2,(H,16,17,18)/p-1. The molecule has 1 aliphatic carbocycles. The van der Waals surface area contributed by atoms with Gasteiger partial charge in [-0.2, -0.15) is 0 Å². The van der Waals surface area contributed by atoms with Crippen LogP contribution in [0.1, 0.15) is 24.2 Å². The summed E-state index contributed by atoms with van der Waals surface area (Å²) in [5.74, 6) is 0.859. The lowest BCUT2D eigenvalue weighted by Crippen LogP contribution is -2.09. The van der Waals surface area contributed by atoms with Crippen molar-refractivity contribution in [2.75, 3.05) is 0 Å². The maximum atomic E-state index is 11.2. The largest absolute Gasteiger partial charge is 0.744 e. The van der Waals surface area contributed by atoms with Gasteiger partial charge in [0.25, 0.3) is 0 Å². The Bertz CT molecular complexity index is 774. The number of aliphatic imine (C=N–C) groups is 1. The van der Waals surface area contributed by atoms with E-state index in [4.69, 9.17) is 4.42 Å². The highest BCUT2D eigenvalue weighted by Crippen LogP contribution is 2.28. The summed E-state index contributed by atoms with van der Waals surface area (Å²) in [7, 11) is -4.53. The normalized spacial score (nSPS) is 17.1. The van der Waals surface area contributed by atoms with Crippen molar-refractivity contribution in [3.8, 4) is 0 Å². The average molecular weight is 290 g/mol. The zero-order valence-corrected chi connectivity index (χ0v) is 11.4. The number of rotatable bonds is 2. The number of aryl methyl sites for hydroxylation is 1. The fraction of sp³-hybridized carbons (Fsp3) is 0.214. The van der Waals surface area contributed by atoms with Crippen LogP contribution < -0.4 is 0 Å². The fourth-order valence-corrected chi connectivity index (χ4v) is 2.98. The summed E-state index contributed by atoms with van der Waals surface area (Å²) in [6.45, 7) is 0. The van der Waals surface area contributed by atoms with Crippen molar-refractivity contribution in [1.82, 2.24) is 0 Å². The minimum Gasteiger partial charge on any atom is -0.744 e. The van der Waals surface area contributed by atoms with Gasteiger partial charge in [-0.15, -0.1) is 0 Å². The number of benzene rings is 1. The zero-order valence-electron chi connectivity index (χ0n) is 10.6. The van der Waals surface area contributed by atoms with E-state index < -0.39 is 10.1 Å². The first-order chi connectivity index (χ1) is 9.55. The van der Waals surface area contributed by atoms with Crippen molar-refractivity contribution in [1.29, 1.82) is 0 Å². The second-order valence-electron chi connectivity index (χ2n) is 4.59. The van der Waals surface area contributed by atoms with Crippen molar-refractivity contribution >= 4 is 21.5 Å². The van der Waals surface area contributed by atoms with Crippen LogP contribution in [0.2, 0.25) is 0 Å². The Morgan fingerprint density at radius 2 is 1.95 bits per heavy atom. The summed E-state index contributed by atoms with van der Waals surface area (Å²) in [6, 6.07) is 7.81. The molecule has 1 aromatic carbocycles. The van der Waals surface area contributed by atoms with Gasteiger partial charge < -0.3 is 8.97 Å². The first-order valence-electron chi connectivity index (χ1n) is 6.25. The monoisotopic (exact) mass is 290 g/mol. The molecule has 0 radical (unpaired) electrons. The third-order valence-electron chi connectivity index (χ3n) is 3.26. The SMILES string of the molecule is O=S(=O)([O-])c1ccccc1N=C1CCCc2occc21. The quantitative estimate of drug-likeness (QED) is 0.796. The van der Waals surface area contributed by atoms with Gasteiger partial charge >= 0.3 is 0 Å². The summed E-state index contributed by atoms with van der Waals surface area (Å²) >= 11 is 0. The van der Waals surface area contributed by atoms with Gasteiger partial charge in [0.2, 0.25) is 0 Å². The van der Waals surface area contributed by atoms with Crippen LogP contribution in [-0.4, -0.2) is 18.7 Å². The molecule has 0 aliphatic heterocycles. The molecule has 1 heterocycles. The molecule has 0 unspecified atom stereocenters. The summed E-state index contributed by atoms with van der Waals surface area (Å²) in [4.78, 5) is 4.09. The molecule has 20 heavy (non-hydrogen) atoms. The fourth-order valence-electron chi connectivity index (χ4n) is 2.36. The Labute approximate surface area is 116 Å². The lowest BCUT2D eigenvalue weighted by atomic mass is 9.96. The Hall–Kier alpha value is -1.92. The van der Waals surface area contributed by atoms with Gasteiger partial charge in [0.05, 0.1) is 22.6 Å². The highest BCUT2D eigenvalue weighted by molar-refractivity contribution is 7.86. The van der Waals surface area contributed by atoms with Gasteiger partial charge in [0.1, 0.15) is 15.9 Å². The minimum absolute atomic E-state index is 0.187. The maximum Gasteiger partial charge on any atom is 0.126 e. The van der Waals surface area contributed by atoms with Crippen LogP contribution in [0.5, 0.6) is 0 Å². The third-order valence-corrected chi connectivity index (χ3v) is 4.15. The molecule has 0 amide bonds. The highest BCUT2D eigenvalue weighted by atomic mass is 32.2. The number of hydrogen-bond donors (Lipinski definition) is 0. The number of furan rings is 1. The van der Waals surface area contributed by atoms with Crippen molar-refractivity contribution in [3.63, 3.8) is 0 Å². The van der Waals surface area contributed by atoms with Gasteiger partial charge in [-0.25, -0.2) is 8.42 Å². The first kappa shape index (κ1) is 13.1. The van der Waals surface area contributed by atoms with Crippen LogP contribution >= 0.6 is 0 Å². The molecular weight excluding hydrogens is 278 g/mol. The number of hydrogen-bond acceptors (Lipinski definition) is 5. The Morgan fingerprint density at radius 3 is 2.75 bits per heavy atom. The molecule has 5 nitrogen and oxygen atoms in total. The summed E-state index contributed by atoms with van der Waals surface area (Å²) in [6.07, 6.45) is 4.08. The van der Waals surface area contributed by atoms with E-state index in [9.17, 15) is 13.0 Å². The summed E-state index contributed by atoms with van der Waals surface area (Å²) in [5.41, 5.74) is 1.84. The van der Waals surface area contributed by atoms with E-state index in [1.165, 1.54) is 18.2 Å². The predicted molar refractivity (Wildman–Crippen MR) is 72.2 cm³/mol. The third kappa shape index (κ3) is 2.39. The van der Waals surface area contributed by atoms with Gasteiger partial charge in [-0.3, -0.25) is 4.99 Å². The molecular formula is C14H12NO4S-. The lowest BCUT2D eigenvalue weighted by molar-refractivity contribution is 0.463. The van der Waals surface area contributed by atoms with Gasteiger partial charge in [-0.05, 0) is 31.0 Å². The van der Waals surface area contributed by atoms with Crippen molar-refractivity contribution in [3.05, 3.63) is 47.9 Å². The van der Waals surface area contributed by atoms with Crippen LogP contribution in [0.3, 0.4) is 0 Å². The second-order valence-corrected chi connectivity index (χ2v) is 5.94. The van der Waals surface area contributed by atoms with E-state index in [1.807, 2.05) is 6.07 Å². The van der Waals surface area contributed by atoms with Gasteiger partial charge in [-0.1, -0.05) is 12.1 Å².